The number of hydrogen-bond donors (Lipinski definition) is 0. The molecule has 0 bridgehead atoms. The molecule has 0 fully saturated rings. The van der Waals surface area contributed by atoms with Crippen molar-refractivity contribution < 1.29 is 18.3 Å². The molecular formula is C31H33F2N3O2. The molecule has 0 atom stereocenters. The summed E-state index contributed by atoms with van der Waals surface area (Å²) in [5.41, 5.74) is 5.20. The number of fused-ring (bicyclic) bond motifs is 1. The van der Waals surface area contributed by atoms with Crippen LogP contribution in [0, 0.1) is 0 Å². The van der Waals surface area contributed by atoms with Crippen LogP contribution >= 0.6 is 0 Å². The predicted molar refractivity (Wildman–Crippen MR) is 145 cm³/mol. The number of nitrogens with zero attached hydrogens (tertiary/aromatic N) is 3. The summed E-state index contributed by atoms with van der Waals surface area (Å²) in [6.45, 7) is 7.32. The van der Waals surface area contributed by atoms with Gasteiger partial charge in [-0.2, -0.15) is 0 Å². The van der Waals surface area contributed by atoms with E-state index in [-0.39, 0.29) is 11.5 Å². The van der Waals surface area contributed by atoms with E-state index in [0.717, 1.165) is 66.3 Å². The highest BCUT2D eigenvalue weighted by Crippen LogP contribution is 2.41. The smallest absolute Gasteiger partial charge is 0.395 e. The number of ether oxygens (including phenoxy) is 2. The van der Waals surface area contributed by atoms with Crippen LogP contribution in [0.25, 0.3) is 22.6 Å². The minimum absolute atomic E-state index is 0.0669. The molecule has 0 radical (unpaired) electrons. The highest BCUT2D eigenvalue weighted by molar-refractivity contribution is 5.68. The van der Waals surface area contributed by atoms with E-state index in [1.54, 1.807) is 12.1 Å². The van der Waals surface area contributed by atoms with Crippen LogP contribution in [0.2, 0.25) is 0 Å². The fourth-order valence-corrected chi connectivity index (χ4v) is 4.93. The lowest BCUT2D eigenvalue weighted by molar-refractivity contribution is -0.286. The largest absolute Gasteiger partial charge is 0.586 e. The zero-order valence-electron chi connectivity index (χ0n) is 21.9. The van der Waals surface area contributed by atoms with Gasteiger partial charge in [-0.25, -0.2) is 4.98 Å². The molecule has 0 saturated heterocycles. The average Bonchev–Trinajstić information content (AvgIpc) is 3.43. The van der Waals surface area contributed by atoms with E-state index < -0.39 is 6.29 Å². The quantitative estimate of drug-likeness (QED) is 0.204. The molecular weight excluding hydrogens is 484 g/mol. The number of unbranched alkanes of at least 4 members (excludes halogenated alkanes) is 1. The minimum atomic E-state index is -3.62. The molecule has 3 aromatic carbocycles. The van der Waals surface area contributed by atoms with Crippen LogP contribution in [-0.4, -0.2) is 27.3 Å². The molecule has 1 aromatic heterocycles. The Morgan fingerprint density at radius 1 is 0.816 bits per heavy atom. The van der Waals surface area contributed by atoms with E-state index in [9.17, 15) is 8.78 Å². The van der Waals surface area contributed by atoms with Gasteiger partial charge in [-0.05, 0) is 37.1 Å². The predicted octanol–water partition coefficient (Wildman–Crippen LogP) is 7.75. The number of aromatic nitrogens is 2. The topological polar surface area (TPSA) is 39.5 Å². The van der Waals surface area contributed by atoms with E-state index >= 15 is 0 Å². The Hall–Kier alpha value is -3.71. The van der Waals surface area contributed by atoms with E-state index in [4.69, 9.17) is 9.72 Å². The molecule has 5 rings (SSSR count). The molecule has 0 unspecified atom stereocenters. The molecule has 7 heteroatoms. The molecule has 38 heavy (non-hydrogen) atoms. The van der Waals surface area contributed by atoms with Gasteiger partial charge in [0, 0.05) is 30.8 Å². The number of alkyl halides is 2. The Kier molecular flexibility index (Phi) is 7.74. The Morgan fingerprint density at radius 2 is 1.50 bits per heavy atom. The van der Waals surface area contributed by atoms with Gasteiger partial charge in [0.05, 0.1) is 11.4 Å². The molecule has 0 N–H and O–H groups in total. The monoisotopic (exact) mass is 517 g/mol. The second-order valence-corrected chi connectivity index (χ2v) is 9.63. The van der Waals surface area contributed by atoms with Gasteiger partial charge in [-0.15, -0.1) is 8.78 Å². The van der Waals surface area contributed by atoms with Gasteiger partial charge >= 0.3 is 6.29 Å². The normalized spacial score (nSPS) is 13.8. The van der Waals surface area contributed by atoms with Crippen molar-refractivity contribution in [3.8, 4) is 34.1 Å². The van der Waals surface area contributed by atoms with Crippen molar-refractivity contribution in [1.29, 1.82) is 0 Å². The minimum Gasteiger partial charge on any atom is -0.395 e. The van der Waals surface area contributed by atoms with Gasteiger partial charge in [-0.3, -0.25) is 4.90 Å². The van der Waals surface area contributed by atoms with Crippen LogP contribution in [-0.2, 0) is 19.6 Å². The zero-order valence-corrected chi connectivity index (χ0v) is 21.9. The van der Waals surface area contributed by atoms with E-state index in [1.807, 2.05) is 42.5 Å². The Morgan fingerprint density at radius 3 is 2.18 bits per heavy atom. The summed E-state index contributed by atoms with van der Waals surface area (Å²) in [5, 5.41) is 0. The van der Waals surface area contributed by atoms with Crippen LogP contribution < -0.4 is 9.47 Å². The first kappa shape index (κ1) is 25.9. The first-order valence-electron chi connectivity index (χ1n) is 13.3. The maximum absolute atomic E-state index is 13.6. The van der Waals surface area contributed by atoms with Crippen molar-refractivity contribution in [2.24, 2.45) is 0 Å². The summed E-state index contributed by atoms with van der Waals surface area (Å²) in [6.07, 6.45) is -0.541. The molecule has 5 nitrogen and oxygen atoms in total. The van der Waals surface area contributed by atoms with Crippen molar-refractivity contribution in [1.82, 2.24) is 14.5 Å². The Labute approximate surface area is 222 Å². The van der Waals surface area contributed by atoms with Crippen molar-refractivity contribution in [2.45, 2.75) is 59.0 Å². The Bertz CT molecular complexity index is 1360. The van der Waals surface area contributed by atoms with Gasteiger partial charge in [0.2, 0.25) is 0 Å². The van der Waals surface area contributed by atoms with Gasteiger partial charge in [-0.1, -0.05) is 87.0 Å². The summed E-state index contributed by atoms with van der Waals surface area (Å²) < 4.78 is 38.8. The van der Waals surface area contributed by atoms with E-state index in [1.165, 1.54) is 0 Å². The summed E-state index contributed by atoms with van der Waals surface area (Å²) in [7, 11) is 0. The lowest BCUT2D eigenvalue weighted by Crippen LogP contribution is -2.26. The second-order valence-electron chi connectivity index (χ2n) is 9.63. The summed E-state index contributed by atoms with van der Waals surface area (Å²) in [6, 6.07) is 25.7. The standard InChI is InChI=1S/C31H33F2N3O2/c1-3-5-19-36-26(29(24-12-8-6-9-13-24)34-30(36)25-14-10-7-11-15-25)22-35(18-4-2)21-23-16-17-27-28(20-23)38-31(32,33)37-27/h6-17,20H,3-5,18-19,21-22H2,1-2H3. The first-order chi connectivity index (χ1) is 18.5. The van der Waals surface area contributed by atoms with Crippen molar-refractivity contribution in [2.75, 3.05) is 6.54 Å². The second kappa shape index (κ2) is 11.4. The fourth-order valence-electron chi connectivity index (χ4n) is 4.93. The molecule has 0 aliphatic carbocycles. The Balaban J connectivity index is 1.53. The maximum Gasteiger partial charge on any atom is 0.586 e. The van der Waals surface area contributed by atoms with Gasteiger partial charge in [0.1, 0.15) is 5.82 Å². The maximum atomic E-state index is 13.6. The van der Waals surface area contributed by atoms with Crippen LogP contribution in [0.1, 0.15) is 44.4 Å². The fraction of sp³-hybridized carbons (Fsp3) is 0.323. The number of benzene rings is 3. The molecule has 0 spiro atoms. The van der Waals surface area contributed by atoms with E-state index in [0.29, 0.717) is 13.1 Å². The summed E-state index contributed by atoms with van der Waals surface area (Å²) in [5.74, 6) is 1.11. The number of rotatable bonds is 11. The van der Waals surface area contributed by atoms with Gasteiger partial charge in [0.15, 0.2) is 11.5 Å². The zero-order chi connectivity index (χ0) is 26.5. The van der Waals surface area contributed by atoms with E-state index in [2.05, 4.69) is 52.3 Å². The van der Waals surface area contributed by atoms with Crippen molar-refractivity contribution in [3.63, 3.8) is 0 Å². The molecule has 0 saturated carbocycles. The van der Waals surface area contributed by atoms with Crippen LogP contribution in [0.3, 0.4) is 0 Å². The molecule has 198 valence electrons. The number of halogens is 2. The highest BCUT2D eigenvalue weighted by Gasteiger charge is 2.43. The first-order valence-corrected chi connectivity index (χ1v) is 13.3. The van der Waals surface area contributed by atoms with Crippen molar-refractivity contribution >= 4 is 0 Å². The third kappa shape index (κ3) is 5.73. The molecule has 0 amide bonds. The summed E-state index contributed by atoms with van der Waals surface area (Å²) in [4.78, 5) is 7.55. The van der Waals surface area contributed by atoms with Gasteiger partial charge < -0.3 is 14.0 Å². The third-order valence-electron chi connectivity index (χ3n) is 6.67. The molecule has 1 aliphatic heterocycles. The lowest BCUT2D eigenvalue weighted by atomic mass is 10.1. The molecule has 2 heterocycles. The van der Waals surface area contributed by atoms with Crippen LogP contribution in [0.4, 0.5) is 8.78 Å². The molecule has 4 aromatic rings. The SMILES string of the molecule is CCCCn1c(-c2ccccc2)nc(-c2ccccc2)c1CN(CCC)Cc1ccc2c(c1)OC(F)(F)O2. The number of hydrogen-bond acceptors (Lipinski definition) is 4. The highest BCUT2D eigenvalue weighted by atomic mass is 19.3. The molecule has 1 aliphatic rings. The van der Waals surface area contributed by atoms with Gasteiger partial charge in [0.25, 0.3) is 0 Å². The van der Waals surface area contributed by atoms with Crippen molar-refractivity contribution in [3.05, 3.63) is 90.1 Å². The lowest BCUT2D eigenvalue weighted by Gasteiger charge is -2.24. The number of imidazole rings is 1. The summed E-state index contributed by atoms with van der Waals surface area (Å²) >= 11 is 0. The average molecular weight is 518 g/mol. The third-order valence-corrected chi connectivity index (χ3v) is 6.67. The van der Waals surface area contributed by atoms with Crippen LogP contribution in [0.15, 0.2) is 78.9 Å². The van der Waals surface area contributed by atoms with Crippen LogP contribution in [0.5, 0.6) is 11.5 Å².